The van der Waals surface area contributed by atoms with Crippen LogP contribution in [0.15, 0.2) is 24.3 Å². The molecular formula is C16H21ClO6. The van der Waals surface area contributed by atoms with Crippen molar-refractivity contribution in [3.63, 3.8) is 0 Å². The van der Waals surface area contributed by atoms with Gasteiger partial charge in [0.2, 0.25) is 5.56 Å². The fraction of sp³-hybridized carbons (Fsp3) is 0.500. The van der Waals surface area contributed by atoms with Crippen LogP contribution in [-0.2, 0) is 14.2 Å². The molecule has 0 aliphatic rings. The molecule has 0 aliphatic heterocycles. The molecule has 0 spiro atoms. The van der Waals surface area contributed by atoms with Gasteiger partial charge in [-0.2, -0.15) is 0 Å². The van der Waals surface area contributed by atoms with Crippen molar-refractivity contribution in [2.75, 3.05) is 0 Å². The van der Waals surface area contributed by atoms with E-state index in [1.165, 1.54) is 6.07 Å². The van der Waals surface area contributed by atoms with Crippen LogP contribution < -0.4 is 4.74 Å². The molecule has 1 atom stereocenters. The van der Waals surface area contributed by atoms with Crippen LogP contribution in [0.3, 0.4) is 0 Å². The summed E-state index contributed by atoms with van der Waals surface area (Å²) in [5.41, 5.74) is -1.57. The largest absolute Gasteiger partial charge is 0.514 e. The first kappa shape index (κ1) is 19.1. The summed E-state index contributed by atoms with van der Waals surface area (Å²) in [6.07, 6.45) is -2.11. The molecule has 0 bridgehead atoms. The van der Waals surface area contributed by atoms with Crippen molar-refractivity contribution in [1.82, 2.24) is 0 Å². The van der Waals surface area contributed by atoms with E-state index in [0.29, 0.717) is 5.56 Å². The number of alkyl halides is 1. The summed E-state index contributed by atoms with van der Waals surface area (Å²) in [5.74, 6) is 0.140. The number of benzene rings is 1. The Morgan fingerprint density at radius 1 is 1.04 bits per heavy atom. The number of hydrogen-bond donors (Lipinski definition) is 0. The zero-order valence-corrected chi connectivity index (χ0v) is 14.5. The summed E-state index contributed by atoms with van der Waals surface area (Å²) in [6.45, 7) is 8.51. The van der Waals surface area contributed by atoms with Crippen LogP contribution >= 0.6 is 11.6 Å². The molecule has 1 aromatic rings. The van der Waals surface area contributed by atoms with E-state index in [-0.39, 0.29) is 11.9 Å². The maximum Gasteiger partial charge on any atom is 0.514 e. The monoisotopic (exact) mass is 344 g/mol. The first-order valence-corrected chi connectivity index (χ1v) is 7.53. The molecule has 6 nitrogen and oxygen atoms in total. The standard InChI is InChI=1S/C16H21ClO6/c1-10(2)20-14(18)21-12-9-7-6-8-11(12)13(17)22-15(19)23-16(3,4)5/h6-10,13H,1-5H3. The molecule has 0 saturated carbocycles. The molecule has 7 heteroatoms. The van der Waals surface area contributed by atoms with E-state index in [1.54, 1.807) is 52.8 Å². The number of carbonyl (C=O) groups excluding carboxylic acids is 2. The minimum absolute atomic E-state index is 0.140. The molecule has 128 valence electrons. The summed E-state index contributed by atoms with van der Waals surface area (Å²) in [6, 6.07) is 6.41. The van der Waals surface area contributed by atoms with Crippen molar-refractivity contribution < 1.29 is 28.5 Å². The lowest BCUT2D eigenvalue weighted by Gasteiger charge is -2.21. The van der Waals surface area contributed by atoms with Crippen molar-refractivity contribution in [3.8, 4) is 5.75 Å². The van der Waals surface area contributed by atoms with E-state index < -0.39 is 23.5 Å². The van der Waals surface area contributed by atoms with Crippen LogP contribution in [0.5, 0.6) is 5.75 Å². The molecule has 0 aliphatic carbocycles. The summed E-state index contributed by atoms with van der Waals surface area (Å²) in [4.78, 5) is 23.2. The first-order valence-electron chi connectivity index (χ1n) is 7.09. The van der Waals surface area contributed by atoms with Gasteiger partial charge in [0.1, 0.15) is 11.4 Å². The minimum atomic E-state index is -1.17. The molecule has 23 heavy (non-hydrogen) atoms. The van der Waals surface area contributed by atoms with Crippen LogP contribution in [0, 0.1) is 0 Å². The van der Waals surface area contributed by atoms with E-state index in [0.717, 1.165) is 0 Å². The van der Waals surface area contributed by atoms with E-state index in [2.05, 4.69) is 0 Å². The van der Waals surface area contributed by atoms with E-state index in [9.17, 15) is 9.59 Å². The highest BCUT2D eigenvalue weighted by molar-refractivity contribution is 6.20. The zero-order valence-electron chi connectivity index (χ0n) is 13.8. The van der Waals surface area contributed by atoms with Crippen molar-refractivity contribution in [1.29, 1.82) is 0 Å². The number of halogens is 1. The third kappa shape index (κ3) is 7.23. The lowest BCUT2D eigenvalue weighted by atomic mass is 10.2. The number of ether oxygens (including phenoxy) is 4. The Labute approximate surface area is 140 Å². The second kappa shape index (κ2) is 8.06. The number of para-hydroxylation sites is 1. The van der Waals surface area contributed by atoms with E-state index in [4.69, 9.17) is 30.5 Å². The highest BCUT2D eigenvalue weighted by Crippen LogP contribution is 2.31. The smallest absolute Gasteiger partial charge is 0.431 e. The molecule has 0 amide bonds. The lowest BCUT2D eigenvalue weighted by molar-refractivity contribution is -0.0137. The zero-order chi connectivity index (χ0) is 17.6. The maximum absolute atomic E-state index is 11.7. The van der Waals surface area contributed by atoms with Gasteiger partial charge in [-0.25, -0.2) is 9.59 Å². The third-order valence-electron chi connectivity index (χ3n) is 2.28. The quantitative estimate of drug-likeness (QED) is 0.444. The van der Waals surface area contributed by atoms with Gasteiger partial charge in [-0.1, -0.05) is 29.8 Å². The normalized spacial score (nSPS) is 12.5. The van der Waals surface area contributed by atoms with Gasteiger partial charge in [0.25, 0.3) is 0 Å². The van der Waals surface area contributed by atoms with Crippen LogP contribution in [-0.4, -0.2) is 24.0 Å². The Morgan fingerprint density at radius 3 is 2.22 bits per heavy atom. The second-order valence-electron chi connectivity index (χ2n) is 5.95. The average Bonchev–Trinajstić information content (AvgIpc) is 2.35. The molecule has 1 rings (SSSR count). The summed E-state index contributed by atoms with van der Waals surface area (Å²) in [7, 11) is 0. The van der Waals surface area contributed by atoms with Crippen LogP contribution in [0.25, 0.3) is 0 Å². The van der Waals surface area contributed by atoms with Crippen LogP contribution in [0.1, 0.15) is 45.7 Å². The maximum atomic E-state index is 11.7. The molecule has 1 aromatic carbocycles. The van der Waals surface area contributed by atoms with Crippen molar-refractivity contribution in [2.24, 2.45) is 0 Å². The number of rotatable bonds is 4. The minimum Gasteiger partial charge on any atom is -0.431 e. The van der Waals surface area contributed by atoms with Gasteiger partial charge in [-0.05, 0) is 40.7 Å². The van der Waals surface area contributed by atoms with Crippen LogP contribution in [0.2, 0.25) is 0 Å². The summed E-state index contributed by atoms with van der Waals surface area (Å²) < 4.78 is 20.0. The number of hydrogen-bond acceptors (Lipinski definition) is 6. The van der Waals surface area contributed by atoms with Crippen molar-refractivity contribution in [3.05, 3.63) is 29.8 Å². The Hall–Kier alpha value is -1.95. The summed E-state index contributed by atoms with van der Waals surface area (Å²) in [5, 5.41) is 0. The fourth-order valence-corrected chi connectivity index (χ4v) is 1.74. The molecular weight excluding hydrogens is 324 g/mol. The van der Waals surface area contributed by atoms with Gasteiger partial charge in [-0.15, -0.1) is 0 Å². The van der Waals surface area contributed by atoms with Crippen molar-refractivity contribution >= 4 is 23.9 Å². The van der Waals surface area contributed by atoms with Gasteiger partial charge in [0.15, 0.2) is 0 Å². The molecule has 0 aromatic heterocycles. The van der Waals surface area contributed by atoms with Crippen molar-refractivity contribution in [2.45, 2.75) is 51.9 Å². The molecule has 1 unspecified atom stereocenters. The molecule has 0 saturated heterocycles. The second-order valence-corrected chi connectivity index (χ2v) is 6.35. The van der Waals surface area contributed by atoms with Gasteiger partial charge in [-0.3, -0.25) is 0 Å². The molecule has 0 fully saturated rings. The lowest BCUT2D eigenvalue weighted by Crippen LogP contribution is -2.25. The topological polar surface area (TPSA) is 71.1 Å². The highest BCUT2D eigenvalue weighted by atomic mass is 35.5. The Morgan fingerprint density at radius 2 is 1.65 bits per heavy atom. The average molecular weight is 345 g/mol. The molecule has 0 heterocycles. The Bertz CT molecular complexity index is 550. The Kier molecular flexibility index (Phi) is 6.69. The Balaban J connectivity index is 2.79. The fourth-order valence-electron chi connectivity index (χ4n) is 1.49. The molecule has 0 N–H and O–H groups in total. The SMILES string of the molecule is CC(C)OC(=O)Oc1ccccc1C(Cl)OC(=O)OC(C)(C)C. The third-order valence-corrected chi connectivity index (χ3v) is 2.60. The van der Waals surface area contributed by atoms with Crippen LogP contribution in [0.4, 0.5) is 9.59 Å². The van der Waals surface area contributed by atoms with Gasteiger partial charge in [0, 0.05) is 0 Å². The predicted octanol–water partition coefficient (Wildman–Crippen LogP) is 4.80. The van der Waals surface area contributed by atoms with Gasteiger partial charge < -0.3 is 18.9 Å². The number of carbonyl (C=O) groups is 2. The van der Waals surface area contributed by atoms with E-state index >= 15 is 0 Å². The van der Waals surface area contributed by atoms with Gasteiger partial charge >= 0.3 is 12.3 Å². The molecule has 0 radical (unpaired) electrons. The first-order chi connectivity index (χ1) is 10.6. The summed E-state index contributed by atoms with van der Waals surface area (Å²) >= 11 is 6.07. The van der Waals surface area contributed by atoms with Gasteiger partial charge in [0.05, 0.1) is 11.7 Å². The van der Waals surface area contributed by atoms with E-state index in [1.807, 2.05) is 0 Å². The predicted molar refractivity (Wildman–Crippen MR) is 84.6 cm³/mol. The highest BCUT2D eigenvalue weighted by Gasteiger charge is 2.24.